The van der Waals surface area contributed by atoms with Crippen molar-refractivity contribution >= 4 is 62.2 Å². The summed E-state index contributed by atoms with van der Waals surface area (Å²) in [5.41, 5.74) is 4.95. The molecule has 9 aromatic rings. The topological polar surface area (TPSA) is 43.6 Å². The molecule has 0 N–H and O–H groups in total. The average Bonchev–Trinajstić information content (AvgIpc) is 3.54. The second-order valence-corrected chi connectivity index (χ2v) is 16.7. The highest BCUT2D eigenvalue weighted by atomic mass is 35.5. The van der Waals surface area contributed by atoms with E-state index in [4.69, 9.17) is 16.6 Å². The molecular formula is C45H31ClN4Si. The van der Waals surface area contributed by atoms with E-state index in [1.165, 1.54) is 31.5 Å². The highest BCUT2D eigenvalue weighted by Crippen LogP contribution is 2.35. The molecular weight excluding hydrogens is 660 g/mol. The van der Waals surface area contributed by atoms with E-state index in [9.17, 15) is 0 Å². The molecule has 0 aliphatic rings. The number of aromatic nitrogens is 4. The fourth-order valence-electron chi connectivity index (χ4n) is 7.57. The van der Waals surface area contributed by atoms with Crippen LogP contribution in [0.4, 0.5) is 0 Å². The molecule has 0 bridgehead atoms. The summed E-state index contributed by atoms with van der Waals surface area (Å²) in [6.07, 6.45) is 0. The van der Waals surface area contributed by atoms with E-state index in [0.29, 0.717) is 11.6 Å². The van der Waals surface area contributed by atoms with Crippen LogP contribution in [-0.4, -0.2) is 27.6 Å². The maximum absolute atomic E-state index is 6.70. The van der Waals surface area contributed by atoms with Crippen molar-refractivity contribution in [2.75, 3.05) is 0 Å². The lowest BCUT2D eigenvalue weighted by atomic mass is 10.1. The van der Waals surface area contributed by atoms with Crippen molar-refractivity contribution in [3.63, 3.8) is 0 Å². The number of rotatable bonds is 7. The summed E-state index contributed by atoms with van der Waals surface area (Å²) in [5, 5.41) is 7.77. The minimum absolute atomic E-state index is 0.151. The molecule has 0 saturated carbocycles. The van der Waals surface area contributed by atoms with Gasteiger partial charge in [-0.05, 0) is 56.6 Å². The van der Waals surface area contributed by atoms with Gasteiger partial charge in [0.05, 0.1) is 16.7 Å². The standard InChI is InChI=1S/C45H31ClN4Si/c46-45-48-43(47-44(49-45)39-24-12-15-27-42(39)50-40-25-13-10-22-37(40)38-23-11-14-26-41(38)50)32-28-30-36(31-29-32)51(33-16-4-1-5-17-33,34-18-6-2-7-19-34)35-20-8-3-9-21-35/h1-31H. The molecule has 7 aromatic carbocycles. The van der Waals surface area contributed by atoms with Crippen molar-refractivity contribution in [1.82, 2.24) is 19.5 Å². The largest absolute Gasteiger partial charge is 0.309 e. The van der Waals surface area contributed by atoms with E-state index < -0.39 is 8.07 Å². The van der Waals surface area contributed by atoms with Gasteiger partial charge in [0.15, 0.2) is 19.7 Å². The monoisotopic (exact) mass is 690 g/mol. The minimum atomic E-state index is -2.66. The molecule has 0 amide bonds. The summed E-state index contributed by atoms with van der Waals surface area (Å²) < 4.78 is 2.28. The Balaban J connectivity index is 1.19. The molecule has 4 nitrogen and oxygen atoms in total. The smallest absolute Gasteiger partial charge is 0.226 e. The van der Waals surface area contributed by atoms with Crippen LogP contribution in [0.25, 0.3) is 50.3 Å². The third-order valence-electron chi connectivity index (χ3n) is 9.77. The van der Waals surface area contributed by atoms with Crippen molar-refractivity contribution in [1.29, 1.82) is 0 Å². The molecule has 0 fully saturated rings. The number of benzene rings is 7. The fourth-order valence-corrected chi connectivity index (χ4v) is 12.5. The number of halogens is 1. The first-order valence-corrected chi connectivity index (χ1v) is 19.4. The normalized spacial score (nSPS) is 11.6. The van der Waals surface area contributed by atoms with Crippen LogP contribution < -0.4 is 20.7 Å². The Kier molecular flexibility index (Phi) is 7.84. The second kappa shape index (κ2) is 13.0. The zero-order valence-electron chi connectivity index (χ0n) is 27.6. The Hall–Kier alpha value is -6.14. The van der Waals surface area contributed by atoms with Crippen LogP contribution >= 0.6 is 11.6 Å². The predicted molar refractivity (Wildman–Crippen MR) is 214 cm³/mol. The van der Waals surface area contributed by atoms with Gasteiger partial charge in [-0.25, -0.2) is 4.98 Å². The second-order valence-electron chi connectivity index (χ2n) is 12.6. The van der Waals surface area contributed by atoms with Gasteiger partial charge in [0, 0.05) is 21.9 Å². The first-order chi connectivity index (χ1) is 25.2. The Labute approximate surface area is 302 Å². The van der Waals surface area contributed by atoms with E-state index in [-0.39, 0.29) is 5.28 Å². The number of nitrogens with zero attached hydrogens (tertiary/aromatic N) is 4. The zero-order chi connectivity index (χ0) is 34.2. The summed E-state index contributed by atoms with van der Waals surface area (Å²) in [4.78, 5) is 14.4. The van der Waals surface area contributed by atoms with Crippen LogP contribution in [0.5, 0.6) is 0 Å². The third kappa shape index (κ3) is 5.26. The summed E-state index contributed by atoms with van der Waals surface area (Å²) in [5.74, 6) is 1.05. The fraction of sp³-hybridized carbons (Fsp3) is 0. The Morgan fingerprint density at radius 1 is 0.392 bits per heavy atom. The third-order valence-corrected chi connectivity index (χ3v) is 14.7. The molecule has 0 atom stereocenters. The van der Waals surface area contributed by atoms with Crippen LogP contribution in [0.3, 0.4) is 0 Å². The number of fused-ring (bicyclic) bond motifs is 3. The van der Waals surface area contributed by atoms with Gasteiger partial charge >= 0.3 is 0 Å². The Morgan fingerprint density at radius 2 is 0.824 bits per heavy atom. The van der Waals surface area contributed by atoms with Gasteiger partial charge in [-0.15, -0.1) is 0 Å². The van der Waals surface area contributed by atoms with Crippen molar-refractivity contribution in [2.45, 2.75) is 0 Å². The SMILES string of the molecule is Clc1nc(-c2ccc([Si](c3ccccc3)(c3ccccc3)c3ccccc3)cc2)nc(-c2ccccc2-n2c3ccccc3c3ccccc32)n1. The lowest BCUT2D eigenvalue weighted by Gasteiger charge is -2.34. The molecule has 51 heavy (non-hydrogen) atoms. The molecule has 2 heterocycles. The lowest BCUT2D eigenvalue weighted by Crippen LogP contribution is -2.74. The lowest BCUT2D eigenvalue weighted by molar-refractivity contribution is 1.06. The molecule has 0 aliphatic heterocycles. The van der Waals surface area contributed by atoms with Gasteiger partial charge in [0.2, 0.25) is 5.28 Å². The van der Waals surface area contributed by atoms with E-state index in [0.717, 1.165) is 27.8 Å². The van der Waals surface area contributed by atoms with Crippen molar-refractivity contribution in [3.8, 4) is 28.5 Å². The molecule has 2 aromatic heterocycles. The van der Waals surface area contributed by atoms with E-state index in [1.54, 1.807) is 0 Å². The van der Waals surface area contributed by atoms with E-state index in [1.807, 2.05) is 12.1 Å². The van der Waals surface area contributed by atoms with E-state index >= 15 is 0 Å². The molecule has 6 heteroatoms. The number of hydrogen-bond acceptors (Lipinski definition) is 3. The van der Waals surface area contributed by atoms with Crippen molar-refractivity contribution in [3.05, 3.63) is 193 Å². The van der Waals surface area contributed by atoms with Gasteiger partial charge in [-0.3, -0.25) is 0 Å². The molecule has 0 saturated heterocycles. The van der Waals surface area contributed by atoms with Crippen molar-refractivity contribution in [2.24, 2.45) is 0 Å². The molecule has 0 unspecified atom stereocenters. The van der Waals surface area contributed by atoms with Crippen LogP contribution in [0.2, 0.25) is 5.28 Å². The maximum atomic E-state index is 6.70. The molecule has 242 valence electrons. The Bertz CT molecular complexity index is 2490. The highest BCUT2D eigenvalue weighted by Gasteiger charge is 2.41. The molecule has 0 aliphatic carbocycles. The predicted octanol–water partition coefficient (Wildman–Crippen LogP) is 8.33. The van der Waals surface area contributed by atoms with Gasteiger partial charge in [-0.1, -0.05) is 164 Å². The Morgan fingerprint density at radius 3 is 1.37 bits per heavy atom. The highest BCUT2D eigenvalue weighted by molar-refractivity contribution is 7.19. The van der Waals surface area contributed by atoms with E-state index in [2.05, 4.69) is 190 Å². The van der Waals surface area contributed by atoms with Gasteiger partial charge in [-0.2, -0.15) is 9.97 Å². The summed E-state index contributed by atoms with van der Waals surface area (Å²) in [7, 11) is -2.66. The molecule has 0 radical (unpaired) electrons. The summed E-state index contributed by atoms with van der Waals surface area (Å²) in [6.45, 7) is 0. The van der Waals surface area contributed by atoms with Gasteiger partial charge in [0.1, 0.15) is 0 Å². The van der Waals surface area contributed by atoms with Crippen molar-refractivity contribution < 1.29 is 0 Å². The van der Waals surface area contributed by atoms with Gasteiger partial charge < -0.3 is 4.57 Å². The van der Waals surface area contributed by atoms with Crippen LogP contribution in [0.1, 0.15) is 0 Å². The number of para-hydroxylation sites is 3. The van der Waals surface area contributed by atoms with Crippen LogP contribution in [-0.2, 0) is 0 Å². The van der Waals surface area contributed by atoms with Crippen LogP contribution in [0, 0.1) is 0 Å². The maximum Gasteiger partial charge on any atom is 0.226 e. The first kappa shape index (κ1) is 30.9. The zero-order valence-corrected chi connectivity index (χ0v) is 29.3. The summed E-state index contributed by atoms with van der Waals surface area (Å²) in [6, 6.07) is 66.7. The minimum Gasteiger partial charge on any atom is -0.309 e. The molecule has 0 spiro atoms. The van der Waals surface area contributed by atoms with Gasteiger partial charge in [0.25, 0.3) is 0 Å². The number of hydrogen-bond donors (Lipinski definition) is 0. The quantitative estimate of drug-likeness (QED) is 0.125. The molecule has 9 rings (SSSR count). The first-order valence-electron chi connectivity index (χ1n) is 17.0. The summed E-state index contributed by atoms with van der Waals surface area (Å²) >= 11 is 6.70. The average molecular weight is 691 g/mol. The van der Waals surface area contributed by atoms with Crippen LogP contribution in [0.15, 0.2) is 188 Å².